The molecule has 106 valence electrons. The van der Waals surface area contributed by atoms with E-state index < -0.39 is 5.91 Å². The lowest BCUT2D eigenvalue weighted by atomic mass is 10.2. The van der Waals surface area contributed by atoms with Crippen LogP contribution in [0.25, 0.3) is 22.4 Å². The summed E-state index contributed by atoms with van der Waals surface area (Å²) in [6.07, 6.45) is 0. The van der Waals surface area contributed by atoms with Crippen molar-refractivity contribution in [2.45, 2.75) is 0 Å². The predicted octanol–water partition coefficient (Wildman–Crippen LogP) is 4.29. The molecule has 0 aliphatic heterocycles. The topological polar surface area (TPSA) is 71.8 Å². The zero-order valence-electron chi connectivity index (χ0n) is 10.5. The Labute approximate surface area is 134 Å². The molecule has 0 unspecified atom stereocenters. The van der Waals surface area contributed by atoms with Gasteiger partial charge in [-0.15, -0.1) is 0 Å². The zero-order chi connectivity index (χ0) is 15.1. The Kier molecular flexibility index (Phi) is 3.53. The number of H-pyrrole nitrogens is 1. The van der Waals surface area contributed by atoms with Crippen LogP contribution in [0.1, 0.15) is 10.4 Å². The largest absolute Gasteiger partial charge is 0.366 e. The number of benzene rings is 2. The van der Waals surface area contributed by atoms with Crippen molar-refractivity contribution < 1.29 is 4.79 Å². The molecule has 1 heterocycles. The van der Waals surface area contributed by atoms with Gasteiger partial charge < -0.3 is 10.7 Å². The number of nitrogens with one attached hydrogen (secondary N) is 1. The number of imidazole rings is 1. The molecular formula is C14H8Cl3N3O. The standard InChI is InChI=1S/C14H8Cl3N3O/c15-8-2-1-6(3-9(8)16)14-19-11-5-7(13(18)21)4-10(17)12(11)20-14/h1-5H,(H2,18,21)(H,19,20). The summed E-state index contributed by atoms with van der Waals surface area (Å²) < 4.78 is 0. The molecule has 0 radical (unpaired) electrons. The van der Waals surface area contributed by atoms with E-state index in [0.29, 0.717) is 37.5 Å². The van der Waals surface area contributed by atoms with Crippen LogP contribution in [-0.2, 0) is 0 Å². The number of nitrogens with zero attached hydrogens (tertiary/aromatic N) is 1. The highest BCUT2D eigenvalue weighted by molar-refractivity contribution is 6.42. The smallest absolute Gasteiger partial charge is 0.248 e. The van der Waals surface area contributed by atoms with E-state index in [1.807, 2.05) is 0 Å². The SMILES string of the molecule is NC(=O)c1cc(Cl)c2nc(-c3ccc(Cl)c(Cl)c3)[nH]c2c1. The maximum absolute atomic E-state index is 11.3. The molecule has 0 bridgehead atoms. The molecule has 0 aliphatic carbocycles. The highest BCUT2D eigenvalue weighted by atomic mass is 35.5. The average Bonchev–Trinajstić information content (AvgIpc) is 2.86. The van der Waals surface area contributed by atoms with Gasteiger partial charge >= 0.3 is 0 Å². The van der Waals surface area contributed by atoms with Crippen LogP contribution in [0, 0.1) is 0 Å². The van der Waals surface area contributed by atoms with Crippen molar-refractivity contribution in [2.75, 3.05) is 0 Å². The molecular weight excluding hydrogens is 333 g/mol. The van der Waals surface area contributed by atoms with Gasteiger partial charge in [0.05, 0.1) is 20.6 Å². The van der Waals surface area contributed by atoms with E-state index in [0.717, 1.165) is 5.56 Å². The number of hydrogen-bond acceptors (Lipinski definition) is 2. The molecule has 0 saturated carbocycles. The molecule has 0 saturated heterocycles. The highest BCUT2D eigenvalue weighted by Crippen LogP contribution is 2.30. The van der Waals surface area contributed by atoms with Crippen molar-refractivity contribution in [2.24, 2.45) is 5.73 Å². The molecule has 3 rings (SSSR count). The number of carbonyl (C=O) groups excluding carboxylic acids is 1. The van der Waals surface area contributed by atoms with Crippen LogP contribution in [0.4, 0.5) is 0 Å². The second-order valence-electron chi connectivity index (χ2n) is 4.43. The Morgan fingerprint density at radius 2 is 1.81 bits per heavy atom. The van der Waals surface area contributed by atoms with Crippen LogP contribution in [0.2, 0.25) is 15.1 Å². The second kappa shape index (κ2) is 5.22. The molecule has 3 aromatic rings. The quantitative estimate of drug-likeness (QED) is 0.730. The van der Waals surface area contributed by atoms with E-state index in [1.165, 1.54) is 6.07 Å². The van der Waals surface area contributed by atoms with Crippen molar-refractivity contribution in [1.82, 2.24) is 9.97 Å². The molecule has 1 aromatic heterocycles. The van der Waals surface area contributed by atoms with Gasteiger partial charge in [0.2, 0.25) is 5.91 Å². The first-order chi connectivity index (χ1) is 9.95. The van der Waals surface area contributed by atoms with Gasteiger partial charge in [-0.25, -0.2) is 4.98 Å². The highest BCUT2D eigenvalue weighted by Gasteiger charge is 2.12. The molecule has 4 nitrogen and oxygen atoms in total. The lowest BCUT2D eigenvalue weighted by molar-refractivity contribution is 0.100. The fraction of sp³-hybridized carbons (Fsp3) is 0. The number of halogens is 3. The number of aromatic amines is 1. The lowest BCUT2D eigenvalue weighted by Crippen LogP contribution is -2.10. The molecule has 0 atom stereocenters. The van der Waals surface area contributed by atoms with Crippen molar-refractivity contribution >= 4 is 51.7 Å². The fourth-order valence-electron chi connectivity index (χ4n) is 2.00. The summed E-state index contributed by atoms with van der Waals surface area (Å²) in [5, 5.41) is 1.24. The van der Waals surface area contributed by atoms with Gasteiger partial charge in [-0.1, -0.05) is 34.8 Å². The number of fused-ring (bicyclic) bond motifs is 1. The van der Waals surface area contributed by atoms with Gasteiger partial charge in [-0.2, -0.15) is 0 Å². The van der Waals surface area contributed by atoms with Crippen LogP contribution in [-0.4, -0.2) is 15.9 Å². The number of hydrogen-bond donors (Lipinski definition) is 2. The molecule has 0 spiro atoms. The molecule has 0 aliphatic rings. The average molecular weight is 341 g/mol. The number of primary amides is 1. The summed E-state index contributed by atoms with van der Waals surface area (Å²) in [6, 6.07) is 8.27. The van der Waals surface area contributed by atoms with Crippen molar-refractivity contribution in [3.63, 3.8) is 0 Å². The number of rotatable bonds is 2. The minimum Gasteiger partial charge on any atom is -0.366 e. The summed E-state index contributed by atoms with van der Waals surface area (Å²) in [6.45, 7) is 0. The molecule has 3 N–H and O–H groups in total. The normalized spacial score (nSPS) is 11.0. The monoisotopic (exact) mass is 339 g/mol. The second-order valence-corrected chi connectivity index (χ2v) is 5.65. The third kappa shape index (κ3) is 2.58. The minimum atomic E-state index is -0.551. The third-order valence-corrected chi connectivity index (χ3v) is 4.04. The van der Waals surface area contributed by atoms with Gasteiger partial charge in [0, 0.05) is 11.1 Å². The van der Waals surface area contributed by atoms with Crippen LogP contribution < -0.4 is 5.73 Å². The first-order valence-corrected chi connectivity index (χ1v) is 7.03. The Morgan fingerprint density at radius 1 is 1.05 bits per heavy atom. The van der Waals surface area contributed by atoms with Crippen molar-refractivity contribution in [3.8, 4) is 11.4 Å². The summed E-state index contributed by atoms with van der Waals surface area (Å²) in [5.74, 6) is 0.0246. The van der Waals surface area contributed by atoms with Gasteiger partial charge in [-0.3, -0.25) is 4.79 Å². The number of aromatic nitrogens is 2. The fourth-order valence-corrected chi connectivity index (χ4v) is 2.56. The Morgan fingerprint density at radius 3 is 2.48 bits per heavy atom. The minimum absolute atomic E-state index is 0.317. The molecule has 2 aromatic carbocycles. The first-order valence-electron chi connectivity index (χ1n) is 5.90. The van der Waals surface area contributed by atoms with E-state index in [1.54, 1.807) is 24.3 Å². The lowest BCUT2D eigenvalue weighted by Gasteiger charge is -1.99. The molecule has 0 fully saturated rings. The Bertz CT molecular complexity index is 873. The molecule has 7 heteroatoms. The Hall–Kier alpha value is -1.75. The number of amides is 1. The maximum atomic E-state index is 11.3. The summed E-state index contributed by atoms with van der Waals surface area (Å²) in [4.78, 5) is 18.8. The molecule has 21 heavy (non-hydrogen) atoms. The van der Waals surface area contributed by atoms with Crippen LogP contribution in [0.5, 0.6) is 0 Å². The van der Waals surface area contributed by atoms with E-state index >= 15 is 0 Å². The number of nitrogens with two attached hydrogens (primary N) is 1. The van der Waals surface area contributed by atoms with E-state index in [9.17, 15) is 4.79 Å². The van der Waals surface area contributed by atoms with E-state index in [4.69, 9.17) is 40.5 Å². The van der Waals surface area contributed by atoms with Gasteiger partial charge in [-0.05, 0) is 30.3 Å². The first kappa shape index (κ1) is 14.2. The van der Waals surface area contributed by atoms with Crippen LogP contribution in [0.15, 0.2) is 30.3 Å². The zero-order valence-corrected chi connectivity index (χ0v) is 12.7. The predicted molar refractivity (Wildman–Crippen MR) is 85.1 cm³/mol. The summed E-state index contributed by atoms with van der Waals surface area (Å²) >= 11 is 18.0. The number of carbonyl (C=O) groups is 1. The maximum Gasteiger partial charge on any atom is 0.248 e. The van der Waals surface area contributed by atoms with E-state index in [-0.39, 0.29) is 0 Å². The van der Waals surface area contributed by atoms with Crippen molar-refractivity contribution in [3.05, 3.63) is 51.0 Å². The molecule has 1 amide bonds. The van der Waals surface area contributed by atoms with E-state index in [2.05, 4.69) is 9.97 Å². The third-order valence-electron chi connectivity index (χ3n) is 3.02. The van der Waals surface area contributed by atoms with Gasteiger partial charge in [0.1, 0.15) is 11.3 Å². The van der Waals surface area contributed by atoms with Crippen LogP contribution >= 0.6 is 34.8 Å². The van der Waals surface area contributed by atoms with Crippen molar-refractivity contribution in [1.29, 1.82) is 0 Å². The summed E-state index contributed by atoms with van der Waals surface area (Å²) in [7, 11) is 0. The Balaban J connectivity index is 2.18. The van der Waals surface area contributed by atoms with Gasteiger partial charge in [0.15, 0.2) is 0 Å². The van der Waals surface area contributed by atoms with Crippen LogP contribution in [0.3, 0.4) is 0 Å². The van der Waals surface area contributed by atoms with Gasteiger partial charge in [0.25, 0.3) is 0 Å². The summed E-state index contributed by atoms with van der Waals surface area (Å²) in [5.41, 5.74) is 7.52.